The SMILES string of the molecule is CC(=O)c1cc2c(cc1NC(=O)Cc1csc(N3CCCC3=O)n1)OCO2. The fourth-order valence-electron chi connectivity index (χ4n) is 3.05. The zero-order chi connectivity index (χ0) is 19.0. The standard InChI is InChI=1S/C18H17N3O5S/c1-10(22)12-6-14-15(26-9-25-14)7-13(12)20-16(23)5-11-8-27-18(19-11)21-4-2-3-17(21)24/h6-8H,2-5,9H2,1H3,(H,20,23). The molecule has 1 aromatic heterocycles. The molecule has 0 unspecified atom stereocenters. The highest BCUT2D eigenvalue weighted by Gasteiger charge is 2.25. The van der Waals surface area contributed by atoms with E-state index in [0.717, 1.165) is 6.42 Å². The topological polar surface area (TPSA) is 97.8 Å². The molecular formula is C18H17N3O5S. The minimum absolute atomic E-state index is 0.0459. The summed E-state index contributed by atoms with van der Waals surface area (Å²) in [6, 6.07) is 3.16. The van der Waals surface area contributed by atoms with E-state index in [1.54, 1.807) is 22.4 Å². The van der Waals surface area contributed by atoms with E-state index in [1.807, 2.05) is 0 Å². The lowest BCUT2D eigenvalue weighted by atomic mass is 10.1. The smallest absolute Gasteiger partial charge is 0.231 e. The molecule has 3 heterocycles. The van der Waals surface area contributed by atoms with Crippen molar-refractivity contribution in [3.63, 3.8) is 0 Å². The third-order valence-electron chi connectivity index (χ3n) is 4.35. The second kappa shape index (κ2) is 6.99. The number of anilines is 2. The van der Waals surface area contributed by atoms with Crippen molar-refractivity contribution in [3.8, 4) is 11.5 Å². The number of benzene rings is 1. The van der Waals surface area contributed by atoms with E-state index in [4.69, 9.17) is 9.47 Å². The number of amides is 2. The summed E-state index contributed by atoms with van der Waals surface area (Å²) in [7, 11) is 0. The zero-order valence-electron chi connectivity index (χ0n) is 14.6. The van der Waals surface area contributed by atoms with Crippen molar-refractivity contribution < 1.29 is 23.9 Å². The van der Waals surface area contributed by atoms with Gasteiger partial charge in [0.15, 0.2) is 22.4 Å². The number of ether oxygens (including phenoxy) is 2. The molecule has 2 amide bonds. The Kier molecular flexibility index (Phi) is 4.53. The van der Waals surface area contributed by atoms with Crippen LogP contribution in [0.15, 0.2) is 17.5 Å². The van der Waals surface area contributed by atoms with Gasteiger partial charge in [0.1, 0.15) is 0 Å². The van der Waals surface area contributed by atoms with Gasteiger partial charge >= 0.3 is 0 Å². The van der Waals surface area contributed by atoms with Crippen molar-refractivity contribution >= 4 is 39.8 Å². The van der Waals surface area contributed by atoms with Crippen molar-refractivity contribution in [3.05, 3.63) is 28.8 Å². The number of fused-ring (bicyclic) bond motifs is 1. The van der Waals surface area contributed by atoms with E-state index >= 15 is 0 Å². The van der Waals surface area contributed by atoms with E-state index in [1.165, 1.54) is 18.3 Å². The molecular weight excluding hydrogens is 370 g/mol. The third-order valence-corrected chi connectivity index (χ3v) is 5.26. The molecule has 1 fully saturated rings. The fraction of sp³-hybridized carbons (Fsp3) is 0.333. The Bertz CT molecular complexity index is 939. The first-order chi connectivity index (χ1) is 13.0. The number of hydrogen-bond donors (Lipinski definition) is 1. The number of hydrogen-bond acceptors (Lipinski definition) is 7. The number of thiazole rings is 1. The number of carbonyl (C=O) groups is 3. The van der Waals surface area contributed by atoms with Crippen molar-refractivity contribution in [2.75, 3.05) is 23.6 Å². The molecule has 0 saturated carbocycles. The molecule has 2 aliphatic heterocycles. The maximum atomic E-state index is 12.4. The molecule has 27 heavy (non-hydrogen) atoms. The number of carbonyl (C=O) groups excluding carboxylic acids is 3. The Morgan fingerprint density at radius 1 is 1.30 bits per heavy atom. The molecule has 0 atom stereocenters. The first kappa shape index (κ1) is 17.5. The van der Waals surface area contributed by atoms with Gasteiger partial charge < -0.3 is 14.8 Å². The minimum Gasteiger partial charge on any atom is -0.454 e. The molecule has 0 spiro atoms. The summed E-state index contributed by atoms with van der Waals surface area (Å²) in [6.07, 6.45) is 1.41. The van der Waals surface area contributed by atoms with E-state index in [2.05, 4.69) is 10.3 Å². The van der Waals surface area contributed by atoms with Crippen LogP contribution < -0.4 is 19.7 Å². The Morgan fingerprint density at radius 3 is 2.78 bits per heavy atom. The van der Waals surface area contributed by atoms with Gasteiger partial charge in [-0.3, -0.25) is 19.3 Å². The van der Waals surface area contributed by atoms with Crippen molar-refractivity contribution in [1.82, 2.24) is 4.98 Å². The van der Waals surface area contributed by atoms with Crippen LogP contribution in [-0.2, 0) is 16.0 Å². The van der Waals surface area contributed by atoms with Crippen LogP contribution in [0.5, 0.6) is 11.5 Å². The molecule has 0 bridgehead atoms. The number of nitrogens with one attached hydrogen (secondary N) is 1. The number of aromatic nitrogens is 1. The van der Waals surface area contributed by atoms with Gasteiger partial charge in [0.25, 0.3) is 0 Å². The Labute approximate surface area is 159 Å². The summed E-state index contributed by atoms with van der Waals surface area (Å²) >= 11 is 1.35. The monoisotopic (exact) mass is 387 g/mol. The van der Waals surface area contributed by atoms with Gasteiger partial charge in [-0.25, -0.2) is 4.98 Å². The molecule has 1 aromatic carbocycles. The molecule has 2 aliphatic rings. The summed E-state index contributed by atoms with van der Waals surface area (Å²) in [5, 5.41) is 5.13. The van der Waals surface area contributed by atoms with Gasteiger partial charge in [-0.05, 0) is 19.4 Å². The van der Waals surface area contributed by atoms with Gasteiger partial charge in [-0.15, -0.1) is 11.3 Å². The lowest BCUT2D eigenvalue weighted by Gasteiger charge is -2.11. The zero-order valence-corrected chi connectivity index (χ0v) is 15.4. The van der Waals surface area contributed by atoms with Gasteiger partial charge in [0.2, 0.25) is 18.6 Å². The lowest BCUT2D eigenvalue weighted by Crippen LogP contribution is -2.23. The molecule has 140 valence electrons. The average Bonchev–Trinajstić information content (AvgIpc) is 3.34. The second-order valence-corrected chi connectivity index (χ2v) is 7.14. The largest absolute Gasteiger partial charge is 0.454 e. The normalized spacial score (nSPS) is 15.3. The first-order valence-corrected chi connectivity index (χ1v) is 9.38. The summed E-state index contributed by atoms with van der Waals surface area (Å²) < 4.78 is 10.6. The van der Waals surface area contributed by atoms with Crippen molar-refractivity contribution in [2.45, 2.75) is 26.2 Å². The van der Waals surface area contributed by atoms with Crippen LogP contribution >= 0.6 is 11.3 Å². The van der Waals surface area contributed by atoms with E-state index < -0.39 is 0 Å². The van der Waals surface area contributed by atoms with Crippen LogP contribution in [0.2, 0.25) is 0 Å². The molecule has 4 rings (SSSR count). The second-order valence-electron chi connectivity index (χ2n) is 6.30. The van der Waals surface area contributed by atoms with Crippen LogP contribution in [0.4, 0.5) is 10.8 Å². The number of Topliss-reactive ketones (excluding diaryl/α,β-unsaturated/α-hetero) is 1. The summed E-state index contributed by atoms with van der Waals surface area (Å²) in [4.78, 5) is 42.2. The van der Waals surface area contributed by atoms with Crippen LogP contribution in [0, 0.1) is 0 Å². The van der Waals surface area contributed by atoms with Crippen LogP contribution in [0.3, 0.4) is 0 Å². The predicted octanol–water partition coefficient (Wildman–Crippen LogP) is 2.38. The number of nitrogens with zero attached hydrogens (tertiary/aromatic N) is 2. The van der Waals surface area contributed by atoms with Gasteiger partial charge in [-0.2, -0.15) is 0 Å². The van der Waals surface area contributed by atoms with E-state index in [-0.39, 0.29) is 30.8 Å². The maximum absolute atomic E-state index is 12.4. The van der Waals surface area contributed by atoms with Gasteiger partial charge in [0.05, 0.1) is 17.8 Å². The fourth-order valence-corrected chi connectivity index (χ4v) is 3.92. The van der Waals surface area contributed by atoms with Crippen LogP contribution in [-0.4, -0.2) is 35.9 Å². The van der Waals surface area contributed by atoms with Crippen molar-refractivity contribution in [1.29, 1.82) is 0 Å². The molecule has 1 saturated heterocycles. The number of rotatable bonds is 5. The summed E-state index contributed by atoms with van der Waals surface area (Å²) in [5.41, 5.74) is 1.31. The van der Waals surface area contributed by atoms with E-state index in [9.17, 15) is 14.4 Å². The van der Waals surface area contributed by atoms with E-state index in [0.29, 0.717) is 46.5 Å². The maximum Gasteiger partial charge on any atom is 0.231 e. The lowest BCUT2D eigenvalue weighted by molar-refractivity contribution is -0.117. The first-order valence-electron chi connectivity index (χ1n) is 8.50. The van der Waals surface area contributed by atoms with Gasteiger partial charge in [-0.1, -0.05) is 0 Å². The number of ketones is 1. The molecule has 1 N–H and O–H groups in total. The Balaban J connectivity index is 1.48. The quantitative estimate of drug-likeness (QED) is 0.791. The predicted molar refractivity (Wildman–Crippen MR) is 98.6 cm³/mol. The highest BCUT2D eigenvalue weighted by molar-refractivity contribution is 7.14. The molecule has 2 aromatic rings. The highest BCUT2D eigenvalue weighted by Crippen LogP contribution is 2.37. The summed E-state index contributed by atoms with van der Waals surface area (Å²) in [5.74, 6) is 0.538. The minimum atomic E-state index is -0.305. The molecule has 8 nitrogen and oxygen atoms in total. The molecule has 9 heteroatoms. The molecule has 0 radical (unpaired) electrons. The average molecular weight is 387 g/mol. The van der Waals surface area contributed by atoms with Crippen LogP contribution in [0.1, 0.15) is 35.8 Å². The van der Waals surface area contributed by atoms with Gasteiger partial charge in [0, 0.05) is 30.0 Å². The summed E-state index contributed by atoms with van der Waals surface area (Å²) in [6.45, 7) is 2.17. The third kappa shape index (κ3) is 3.50. The van der Waals surface area contributed by atoms with Crippen molar-refractivity contribution in [2.24, 2.45) is 0 Å². The Morgan fingerprint density at radius 2 is 2.07 bits per heavy atom. The Hall–Kier alpha value is -2.94. The molecule has 0 aliphatic carbocycles. The van der Waals surface area contributed by atoms with Crippen LogP contribution in [0.25, 0.3) is 0 Å². The highest BCUT2D eigenvalue weighted by atomic mass is 32.1.